The van der Waals surface area contributed by atoms with E-state index in [9.17, 15) is 9.59 Å². The molecule has 0 atom stereocenters. The smallest absolute Gasteiger partial charge is 0.243 e. The van der Waals surface area contributed by atoms with Gasteiger partial charge < -0.3 is 14.8 Å². The minimum atomic E-state index is -0.121. The summed E-state index contributed by atoms with van der Waals surface area (Å²) in [4.78, 5) is 30.5. The van der Waals surface area contributed by atoms with Gasteiger partial charge in [-0.1, -0.05) is 18.2 Å². The fourth-order valence-electron chi connectivity index (χ4n) is 2.81. The number of carbonyl (C=O) groups is 2. The van der Waals surface area contributed by atoms with Gasteiger partial charge in [0.15, 0.2) is 0 Å². The molecule has 134 valence electrons. The lowest BCUT2D eigenvalue weighted by Crippen LogP contribution is -2.34. The van der Waals surface area contributed by atoms with Crippen molar-refractivity contribution in [1.29, 1.82) is 0 Å². The quantitative estimate of drug-likeness (QED) is 0.748. The molecule has 6 nitrogen and oxygen atoms in total. The first-order chi connectivity index (χ1) is 12.1. The van der Waals surface area contributed by atoms with E-state index in [1.165, 1.54) is 6.08 Å². The summed E-state index contributed by atoms with van der Waals surface area (Å²) in [6.07, 6.45) is 3.77. The Balaban J connectivity index is 2.21. The predicted octanol–water partition coefficient (Wildman–Crippen LogP) is 2.14. The Labute approximate surface area is 148 Å². The molecule has 0 bridgehead atoms. The molecule has 1 aromatic heterocycles. The minimum absolute atomic E-state index is 0.0763. The molecule has 2 rings (SSSR count). The summed E-state index contributed by atoms with van der Waals surface area (Å²) in [5.74, 6) is 0.763. The van der Waals surface area contributed by atoms with Crippen molar-refractivity contribution in [2.75, 3.05) is 19.6 Å². The molecule has 2 aromatic rings. The van der Waals surface area contributed by atoms with E-state index in [2.05, 4.69) is 10.3 Å². The summed E-state index contributed by atoms with van der Waals surface area (Å²) in [6.45, 7) is 7.88. The van der Waals surface area contributed by atoms with Crippen LogP contribution in [0.3, 0.4) is 0 Å². The van der Waals surface area contributed by atoms with E-state index in [0.29, 0.717) is 26.1 Å². The second kappa shape index (κ2) is 9.01. The molecule has 0 saturated carbocycles. The molecule has 0 fully saturated rings. The number of benzene rings is 1. The van der Waals surface area contributed by atoms with Crippen LogP contribution in [0.4, 0.5) is 0 Å². The second-order valence-corrected chi connectivity index (χ2v) is 5.71. The van der Waals surface area contributed by atoms with Crippen molar-refractivity contribution in [3.05, 3.63) is 42.2 Å². The topological polar surface area (TPSA) is 67.2 Å². The van der Waals surface area contributed by atoms with Crippen molar-refractivity contribution in [3.8, 4) is 0 Å². The maximum atomic E-state index is 12.5. The third kappa shape index (κ3) is 4.68. The van der Waals surface area contributed by atoms with Gasteiger partial charge in [-0.05, 0) is 39.0 Å². The molecule has 1 heterocycles. The Morgan fingerprint density at radius 3 is 2.64 bits per heavy atom. The lowest BCUT2D eigenvalue weighted by molar-refractivity contribution is -0.131. The number of allylic oxidation sites excluding steroid dienone is 1. The summed E-state index contributed by atoms with van der Waals surface area (Å²) in [5.41, 5.74) is 1.81. The van der Waals surface area contributed by atoms with E-state index in [0.717, 1.165) is 16.9 Å². The summed E-state index contributed by atoms with van der Waals surface area (Å²) in [7, 11) is 0. The Bertz CT molecular complexity index is 760. The van der Waals surface area contributed by atoms with Crippen molar-refractivity contribution in [3.63, 3.8) is 0 Å². The highest BCUT2D eigenvalue weighted by molar-refractivity contribution is 5.87. The largest absolute Gasteiger partial charge is 0.352 e. The number of rotatable bonds is 8. The molecule has 0 radical (unpaired) electrons. The lowest BCUT2D eigenvalue weighted by Gasteiger charge is -2.20. The number of para-hydroxylation sites is 2. The fourth-order valence-corrected chi connectivity index (χ4v) is 2.81. The zero-order valence-corrected chi connectivity index (χ0v) is 15.2. The minimum Gasteiger partial charge on any atom is -0.352 e. The van der Waals surface area contributed by atoms with Crippen LogP contribution in [-0.2, 0) is 22.6 Å². The lowest BCUT2D eigenvalue weighted by atomic mass is 10.3. The van der Waals surface area contributed by atoms with E-state index in [-0.39, 0.29) is 18.4 Å². The van der Waals surface area contributed by atoms with Crippen molar-refractivity contribution in [1.82, 2.24) is 19.8 Å². The zero-order chi connectivity index (χ0) is 18.2. The monoisotopic (exact) mass is 342 g/mol. The first kappa shape index (κ1) is 18.7. The van der Waals surface area contributed by atoms with Gasteiger partial charge in [0.1, 0.15) is 12.4 Å². The van der Waals surface area contributed by atoms with Gasteiger partial charge in [-0.25, -0.2) is 4.98 Å². The van der Waals surface area contributed by atoms with Gasteiger partial charge in [0.2, 0.25) is 11.8 Å². The third-order valence-corrected chi connectivity index (χ3v) is 4.11. The van der Waals surface area contributed by atoms with E-state index >= 15 is 0 Å². The average Bonchev–Trinajstić information content (AvgIpc) is 2.94. The number of nitrogens with zero attached hydrogens (tertiary/aromatic N) is 3. The normalized spacial score (nSPS) is 11.2. The molecule has 1 N–H and O–H groups in total. The number of aromatic nitrogens is 2. The number of imidazole rings is 1. The van der Waals surface area contributed by atoms with Crippen LogP contribution in [0, 0.1) is 0 Å². The first-order valence-electron chi connectivity index (χ1n) is 8.73. The number of nitrogens with one attached hydrogen (secondary N) is 1. The van der Waals surface area contributed by atoms with E-state index in [1.54, 1.807) is 13.0 Å². The Morgan fingerprint density at radius 1 is 1.24 bits per heavy atom. The average molecular weight is 342 g/mol. The maximum absolute atomic E-state index is 12.5. The molecule has 0 aliphatic heterocycles. The summed E-state index contributed by atoms with van der Waals surface area (Å²) >= 11 is 0. The highest BCUT2D eigenvalue weighted by Gasteiger charge is 2.16. The number of hydrogen-bond acceptors (Lipinski definition) is 3. The van der Waals surface area contributed by atoms with Gasteiger partial charge in [-0.15, -0.1) is 0 Å². The van der Waals surface area contributed by atoms with E-state index in [4.69, 9.17) is 0 Å². The van der Waals surface area contributed by atoms with Crippen molar-refractivity contribution in [2.45, 2.75) is 33.7 Å². The van der Waals surface area contributed by atoms with Gasteiger partial charge in [-0.3, -0.25) is 9.59 Å². The number of fused-ring (bicyclic) bond motifs is 1. The number of likely N-dealkylation sites (N-methyl/N-ethyl adjacent to an activating group) is 1. The Morgan fingerprint density at radius 2 is 1.96 bits per heavy atom. The Kier molecular flexibility index (Phi) is 6.74. The fraction of sp³-hybridized carbons (Fsp3) is 0.421. The molecule has 0 aliphatic rings. The molecule has 0 unspecified atom stereocenters. The van der Waals surface area contributed by atoms with Crippen LogP contribution >= 0.6 is 0 Å². The molecule has 0 spiro atoms. The van der Waals surface area contributed by atoms with Crippen LogP contribution in [0.5, 0.6) is 0 Å². The van der Waals surface area contributed by atoms with Gasteiger partial charge in [0.25, 0.3) is 0 Å². The summed E-state index contributed by atoms with van der Waals surface area (Å²) < 4.78 is 1.96. The zero-order valence-electron chi connectivity index (χ0n) is 15.2. The first-order valence-corrected chi connectivity index (χ1v) is 8.73. The maximum Gasteiger partial charge on any atom is 0.243 e. The van der Waals surface area contributed by atoms with Crippen LogP contribution in [0.25, 0.3) is 11.0 Å². The van der Waals surface area contributed by atoms with E-state index in [1.807, 2.05) is 47.6 Å². The number of hydrogen-bond donors (Lipinski definition) is 1. The molecular weight excluding hydrogens is 316 g/mol. The number of carbonyl (C=O) groups excluding carboxylic acids is 2. The number of amides is 2. The molecule has 2 amide bonds. The van der Waals surface area contributed by atoms with Crippen molar-refractivity contribution < 1.29 is 9.59 Å². The highest BCUT2D eigenvalue weighted by Crippen LogP contribution is 2.16. The van der Waals surface area contributed by atoms with Crippen molar-refractivity contribution >= 4 is 22.8 Å². The van der Waals surface area contributed by atoms with Gasteiger partial charge >= 0.3 is 0 Å². The van der Waals surface area contributed by atoms with E-state index < -0.39 is 0 Å². The predicted molar refractivity (Wildman–Crippen MR) is 99.2 cm³/mol. The van der Waals surface area contributed by atoms with Crippen LogP contribution < -0.4 is 5.32 Å². The van der Waals surface area contributed by atoms with Crippen LogP contribution in [0.2, 0.25) is 0 Å². The Hall–Kier alpha value is -2.63. The standard InChI is InChI=1S/C19H26N4O2/c1-4-9-18(24)20-13-12-17-21-15-10-7-8-11-16(15)23(17)14-19(25)22(5-2)6-3/h4,7-11H,5-6,12-14H2,1-3H3,(H,20,24)/b9-4+. The third-order valence-electron chi connectivity index (χ3n) is 4.11. The molecular formula is C19H26N4O2. The van der Waals surface area contributed by atoms with Gasteiger partial charge in [0.05, 0.1) is 11.0 Å². The second-order valence-electron chi connectivity index (χ2n) is 5.71. The highest BCUT2D eigenvalue weighted by atomic mass is 16.2. The molecule has 6 heteroatoms. The van der Waals surface area contributed by atoms with Gasteiger partial charge in [0, 0.05) is 26.1 Å². The van der Waals surface area contributed by atoms with Crippen molar-refractivity contribution in [2.24, 2.45) is 0 Å². The molecule has 25 heavy (non-hydrogen) atoms. The molecule has 1 aromatic carbocycles. The summed E-state index contributed by atoms with van der Waals surface area (Å²) in [6, 6.07) is 7.79. The SMILES string of the molecule is C/C=C/C(=O)NCCc1nc2ccccc2n1CC(=O)N(CC)CC. The summed E-state index contributed by atoms with van der Waals surface area (Å²) in [5, 5.41) is 2.83. The van der Waals surface area contributed by atoms with Crippen LogP contribution in [0.1, 0.15) is 26.6 Å². The van der Waals surface area contributed by atoms with Crippen LogP contribution in [-0.4, -0.2) is 45.9 Å². The molecule has 0 saturated heterocycles. The van der Waals surface area contributed by atoms with Crippen LogP contribution in [0.15, 0.2) is 36.4 Å². The molecule has 0 aliphatic carbocycles. The van der Waals surface area contributed by atoms with Gasteiger partial charge in [-0.2, -0.15) is 0 Å².